The number of allylic oxidation sites excluding steroid dienone is 2. The average Bonchev–Trinajstić information content (AvgIpc) is 3.22. The summed E-state index contributed by atoms with van der Waals surface area (Å²) in [5.41, 5.74) is -1.48. The lowest BCUT2D eigenvalue weighted by Gasteiger charge is -2.29. The maximum Gasteiger partial charge on any atom is 0.335 e. The predicted octanol–water partition coefficient (Wildman–Crippen LogP) is 5.78. The summed E-state index contributed by atoms with van der Waals surface area (Å²) in [4.78, 5) is 11.6. The van der Waals surface area contributed by atoms with E-state index in [-0.39, 0.29) is 23.5 Å². The Hall–Kier alpha value is -1.33. The van der Waals surface area contributed by atoms with Crippen LogP contribution in [0.15, 0.2) is 24.0 Å². The lowest BCUT2D eigenvalue weighted by Crippen LogP contribution is -2.44. The monoisotopic (exact) mass is 410 g/mol. The van der Waals surface area contributed by atoms with Gasteiger partial charge in [-0.05, 0) is 62.4 Å². The van der Waals surface area contributed by atoms with E-state index in [9.17, 15) is 20.1 Å². The van der Waals surface area contributed by atoms with Gasteiger partial charge < -0.3 is 20.1 Å². The zero-order valence-electron chi connectivity index (χ0n) is 18.8. The Morgan fingerprint density at radius 3 is 2.38 bits per heavy atom. The Morgan fingerprint density at radius 1 is 1.17 bits per heavy atom. The van der Waals surface area contributed by atoms with E-state index in [1.54, 1.807) is 7.11 Å². The Labute approximate surface area is 176 Å². The molecule has 0 aromatic carbocycles. The molecule has 5 nitrogen and oxygen atoms in total. The number of ether oxygens (including phenoxy) is 1. The minimum atomic E-state index is -1.63. The summed E-state index contributed by atoms with van der Waals surface area (Å²) < 4.78 is 5.41. The number of rotatable bonds is 14. The van der Waals surface area contributed by atoms with Gasteiger partial charge in [0.25, 0.3) is 0 Å². The van der Waals surface area contributed by atoms with E-state index in [4.69, 9.17) is 4.74 Å². The van der Waals surface area contributed by atoms with Gasteiger partial charge in [0, 0.05) is 7.11 Å². The highest BCUT2D eigenvalue weighted by atomic mass is 16.5. The van der Waals surface area contributed by atoms with Crippen LogP contribution in [-0.4, -0.2) is 40.1 Å². The second kappa shape index (κ2) is 12.4. The summed E-state index contributed by atoms with van der Waals surface area (Å²) in [5.74, 6) is -1.02. The maximum absolute atomic E-state index is 11.6. The Balaban J connectivity index is 2.52. The predicted molar refractivity (Wildman–Crippen MR) is 117 cm³/mol. The lowest BCUT2D eigenvalue weighted by atomic mass is 9.82. The van der Waals surface area contributed by atoms with Gasteiger partial charge in [0.2, 0.25) is 0 Å². The van der Waals surface area contributed by atoms with Crippen LogP contribution in [0.4, 0.5) is 0 Å². The SMILES string of the molecule is CCCCC(C)(C)C/C=C(/O)C(C/C=C\CC[C@](O)(C(=O)O)C1CCCC1)OC. The number of aliphatic hydroxyl groups is 2. The highest BCUT2D eigenvalue weighted by molar-refractivity contribution is 5.77. The van der Waals surface area contributed by atoms with Gasteiger partial charge in [-0.25, -0.2) is 4.79 Å². The number of hydrogen-bond acceptors (Lipinski definition) is 4. The van der Waals surface area contributed by atoms with Gasteiger partial charge in [-0.3, -0.25) is 0 Å². The molecule has 0 aromatic heterocycles. The number of aliphatic carboxylic acids is 1. The molecule has 0 radical (unpaired) electrons. The number of methoxy groups -OCH3 is 1. The molecule has 0 aromatic rings. The fourth-order valence-electron chi connectivity index (χ4n) is 4.14. The van der Waals surface area contributed by atoms with Crippen molar-refractivity contribution >= 4 is 5.97 Å². The van der Waals surface area contributed by atoms with E-state index in [0.29, 0.717) is 12.8 Å². The van der Waals surface area contributed by atoms with Crippen molar-refractivity contribution in [2.24, 2.45) is 11.3 Å². The molecular formula is C24H42O5. The summed E-state index contributed by atoms with van der Waals surface area (Å²) in [6.07, 6.45) is 14.3. The fourth-order valence-corrected chi connectivity index (χ4v) is 4.14. The number of aliphatic hydroxyl groups excluding tert-OH is 1. The minimum Gasteiger partial charge on any atom is -0.510 e. The lowest BCUT2D eigenvalue weighted by molar-refractivity contribution is -0.165. The van der Waals surface area contributed by atoms with Crippen molar-refractivity contribution in [3.05, 3.63) is 24.0 Å². The van der Waals surface area contributed by atoms with Crippen molar-refractivity contribution in [2.45, 2.75) is 103 Å². The van der Waals surface area contributed by atoms with Crippen molar-refractivity contribution in [1.82, 2.24) is 0 Å². The third kappa shape index (κ3) is 8.51. The van der Waals surface area contributed by atoms with E-state index in [0.717, 1.165) is 38.5 Å². The molecule has 1 aliphatic carbocycles. The van der Waals surface area contributed by atoms with Crippen LogP contribution in [0.25, 0.3) is 0 Å². The Kier molecular flexibility index (Phi) is 11.0. The summed E-state index contributed by atoms with van der Waals surface area (Å²) in [6, 6.07) is 0. The number of hydrogen-bond donors (Lipinski definition) is 3. The molecule has 29 heavy (non-hydrogen) atoms. The molecule has 1 saturated carbocycles. The largest absolute Gasteiger partial charge is 0.510 e. The van der Waals surface area contributed by atoms with Gasteiger partial charge >= 0.3 is 5.97 Å². The molecule has 0 spiro atoms. The molecule has 3 N–H and O–H groups in total. The van der Waals surface area contributed by atoms with E-state index in [2.05, 4.69) is 20.8 Å². The molecule has 2 atom stereocenters. The second-order valence-corrected chi connectivity index (χ2v) is 9.28. The van der Waals surface area contributed by atoms with Gasteiger partial charge in [0.05, 0.1) is 0 Å². The van der Waals surface area contributed by atoms with E-state index in [1.807, 2.05) is 18.2 Å². The molecule has 168 valence electrons. The van der Waals surface area contributed by atoms with Crippen LogP contribution >= 0.6 is 0 Å². The van der Waals surface area contributed by atoms with Crippen LogP contribution in [0.3, 0.4) is 0 Å². The highest BCUT2D eigenvalue weighted by Gasteiger charge is 2.44. The van der Waals surface area contributed by atoms with Crippen LogP contribution < -0.4 is 0 Å². The zero-order chi connectivity index (χ0) is 21.9. The van der Waals surface area contributed by atoms with Crippen LogP contribution in [0, 0.1) is 11.3 Å². The Bertz CT molecular complexity index is 545. The molecule has 1 aliphatic rings. The molecular weight excluding hydrogens is 368 g/mol. The molecule has 1 rings (SSSR count). The van der Waals surface area contributed by atoms with Crippen LogP contribution in [-0.2, 0) is 9.53 Å². The van der Waals surface area contributed by atoms with Crippen molar-refractivity contribution < 1.29 is 24.9 Å². The summed E-state index contributed by atoms with van der Waals surface area (Å²) in [7, 11) is 1.58. The zero-order valence-corrected chi connectivity index (χ0v) is 18.8. The third-order valence-electron chi connectivity index (χ3n) is 6.30. The molecule has 0 heterocycles. The normalized spacial score (nSPS) is 19.6. The van der Waals surface area contributed by atoms with Crippen LogP contribution in [0.5, 0.6) is 0 Å². The molecule has 5 heteroatoms. The van der Waals surface area contributed by atoms with Crippen LogP contribution in [0.2, 0.25) is 0 Å². The van der Waals surface area contributed by atoms with Gasteiger partial charge in [-0.15, -0.1) is 0 Å². The smallest absolute Gasteiger partial charge is 0.335 e. The fraction of sp³-hybridized carbons (Fsp3) is 0.792. The van der Waals surface area contributed by atoms with Crippen molar-refractivity contribution in [1.29, 1.82) is 0 Å². The summed E-state index contributed by atoms with van der Waals surface area (Å²) in [5, 5.41) is 30.5. The first-order valence-electron chi connectivity index (χ1n) is 11.2. The molecule has 0 saturated heterocycles. The molecule has 0 bridgehead atoms. The van der Waals surface area contributed by atoms with Gasteiger partial charge in [0.1, 0.15) is 11.9 Å². The van der Waals surface area contributed by atoms with Crippen molar-refractivity contribution in [2.75, 3.05) is 7.11 Å². The number of carbonyl (C=O) groups is 1. The van der Waals surface area contributed by atoms with Crippen LogP contribution in [0.1, 0.15) is 91.4 Å². The minimum absolute atomic E-state index is 0.150. The van der Waals surface area contributed by atoms with Crippen molar-refractivity contribution in [3.63, 3.8) is 0 Å². The molecule has 1 unspecified atom stereocenters. The number of unbranched alkanes of at least 4 members (excludes halogenated alkanes) is 1. The molecule has 0 aliphatic heterocycles. The average molecular weight is 411 g/mol. The molecule has 1 fully saturated rings. The first-order chi connectivity index (χ1) is 13.7. The van der Waals surface area contributed by atoms with E-state index >= 15 is 0 Å². The van der Waals surface area contributed by atoms with E-state index in [1.165, 1.54) is 12.8 Å². The quantitative estimate of drug-likeness (QED) is 0.249. The first kappa shape index (κ1) is 25.7. The van der Waals surface area contributed by atoms with E-state index < -0.39 is 17.7 Å². The third-order valence-corrected chi connectivity index (χ3v) is 6.30. The maximum atomic E-state index is 11.6. The number of carboxylic acids is 1. The second-order valence-electron chi connectivity index (χ2n) is 9.28. The van der Waals surface area contributed by atoms with Gasteiger partial charge in [0.15, 0.2) is 5.60 Å². The molecule has 0 amide bonds. The number of carboxylic acid groups (broad SMARTS) is 1. The Morgan fingerprint density at radius 2 is 1.83 bits per heavy atom. The first-order valence-corrected chi connectivity index (χ1v) is 11.2. The summed E-state index contributed by atoms with van der Waals surface area (Å²) in [6.45, 7) is 6.60. The van der Waals surface area contributed by atoms with Crippen molar-refractivity contribution in [3.8, 4) is 0 Å². The summed E-state index contributed by atoms with van der Waals surface area (Å²) >= 11 is 0. The topological polar surface area (TPSA) is 87.0 Å². The van der Waals surface area contributed by atoms with Gasteiger partial charge in [-0.1, -0.05) is 58.6 Å². The highest BCUT2D eigenvalue weighted by Crippen LogP contribution is 2.37. The standard InChI is InChI=1S/C24H42O5/c1-5-6-16-23(2,3)18-15-20(25)21(29-4)14-8-7-11-17-24(28,22(26)27)19-12-9-10-13-19/h7-8,15,19,21,25,28H,5-6,9-14,16-18H2,1-4H3,(H,26,27)/b8-7-,20-15+/t21?,24-/m1/s1. The van der Waals surface area contributed by atoms with Gasteiger partial charge in [-0.2, -0.15) is 0 Å².